The fraction of sp³-hybridized carbons (Fsp3) is 0.0952. The Balaban J connectivity index is 1.18. The zero-order valence-corrected chi connectivity index (χ0v) is 28.0. The van der Waals surface area contributed by atoms with Crippen molar-refractivity contribution in [2.45, 2.75) is 27.7 Å². The van der Waals surface area contributed by atoms with Gasteiger partial charge in [0.05, 0.1) is 0 Å². The summed E-state index contributed by atoms with van der Waals surface area (Å²) in [5.74, 6) is 0. The highest BCUT2D eigenvalue weighted by molar-refractivity contribution is 6.59. The van der Waals surface area contributed by atoms with Crippen LogP contribution in [0.25, 0.3) is 12.2 Å². The molecule has 0 spiro atoms. The summed E-state index contributed by atoms with van der Waals surface area (Å²) in [6.07, 6.45) is 4.40. The van der Waals surface area contributed by atoms with Gasteiger partial charge in [0.25, 0.3) is 0 Å². The van der Waals surface area contributed by atoms with Gasteiger partial charge in [-0.1, -0.05) is 119 Å². The number of rotatable bonds is 9. The number of anilines is 5. The van der Waals surface area contributed by atoms with Crippen molar-refractivity contribution in [2.24, 2.45) is 0 Å². The van der Waals surface area contributed by atoms with Crippen LogP contribution in [0.2, 0.25) is 0 Å². The molecule has 6 aromatic carbocycles. The Hall–Kier alpha value is -5.12. The van der Waals surface area contributed by atoms with Gasteiger partial charge in [0.2, 0.25) is 0 Å². The molecule has 2 nitrogen and oxygen atoms in total. The molecule has 3 heteroatoms. The minimum absolute atomic E-state index is 0.756. The standard InChI is InChI=1S/C42H40N2Si/c1-31-5-19-37(20-6-31)43(38-21-7-32(2)8-22-38)39-27-15-35(16-28-39)13-14-36-17-29-42(30-18-36)45-44(40-23-9-33(3)10-24-40)41-25-11-34(4)12-26-41/h5-30H,45H2,1-4H3. The number of aryl methyl sites for hydroxylation is 4. The zero-order valence-electron chi connectivity index (χ0n) is 26.6. The van der Waals surface area contributed by atoms with E-state index in [0.717, 1.165) is 17.1 Å². The Morgan fingerprint density at radius 3 is 1.00 bits per heavy atom. The van der Waals surface area contributed by atoms with Crippen LogP contribution in [0.15, 0.2) is 146 Å². The topological polar surface area (TPSA) is 6.48 Å². The molecule has 0 aliphatic rings. The maximum Gasteiger partial charge on any atom is 0.161 e. The average molecular weight is 601 g/mol. The molecule has 0 fully saturated rings. The van der Waals surface area contributed by atoms with Crippen molar-refractivity contribution in [1.29, 1.82) is 0 Å². The van der Waals surface area contributed by atoms with E-state index in [1.807, 2.05) is 0 Å². The van der Waals surface area contributed by atoms with Crippen LogP contribution in [0.3, 0.4) is 0 Å². The fourth-order valence-electron chi connectivity index (χ4n) is 5.46. The van der Waals surface area contributed by atoms with Gasteiger partial charge in [-0.2, -0.15) is 0 Å². The van der Waals surface area contributed by atoms with Crippen molar-refractivity contribution >= 4 is 55.5 Å². The molecule has 0 heterocycles. The molecule has 0 unspecified atom stereocenters. The molecule has 0 saturated carbocycles. The summed E-state index contributed by atoms with van der Waals surface area (Å²) in [5.41, 5.74) is 13.4. The lowest BCUT2D eigenvalue weighted by Gasteiger charge is -2.26. The molecule has 222 valence electrons. The Morgan fingerprint density at radius 2 is 0.644 bits per heavy atom. The van der Waals surface area contributed by atoms with Gasteiger partial charge >= 0.3 is 0 Å². The third-order valence-corrected chi connectivity index (χ3v) is 10.1. The van der Waals surface area contributed by atoms with Crippen molar-refractivity contribution in [1.82, 2.24) is 0 Å². The lowest BCUT2D eigenvalue weighted by Crippen LogP contribution is -2.32. The van der Waals surface area contributed by atoms with E-state index in [2.05, 4.69) is 195 Å². The maximum atomic E-state index is 2.52. The highest BCUT2D eigenvalue weighted by Gasteiger charge is 2.13. The second kappa shape index (κ2) is 13.7. The Kier molecular flexibility index (Phi) is 9.09. The van der Waals surface area contributed by atoms with Crippen molar-refractivity contribution in [3.05, 3.63) is 179 Å². The van der Waals surface area contributed by atoms with Crippen LogP contribution >= 0.6 is 0 Å². The van der Waals surface area contributed by atoms with E-state index in [-0.39, 0.29) is 0 Å². The van der Waals surface area contributed by atoms with Crippen LogP contribution in [-0.4, -0.2) is 9.68 Å². The van der Waals surface area contributed by atoms with Crippen LogP contribution in [-0.2, 0) is 0 Å². The van der Waals surface area contributed by atoms with E-state index in [1.165, 1.54) is 49.9 Å². The summed E-state index contributed by atoms with van der Waals surface area (Å²) < 4.78 is 2.52. The summed E-state index contributed by atoms with van der Waals surface area (Å²) in [7, 11) is -0.756. The Labute approximate surface area is 270 Å². The van der Waals surface area contributed by atoms with E-state index in [4.69, 9.17) is 0 Å². The van der Waals surface area contributed by atoms with Gasteiger partial charge in [0, 0.05) is 28.4 Å². The number of hydrogen-bond acceptors (Lipinski definition) is 2. The summed E-state index contributed by atoms with van der Waals surface area (Å²) >= 11 is 0. The smallest absolute Gasteiger partial charge is 0.161 e. The van der Waals surface area contributed by atoms with E-state index >= 15 is 0 Å². The van der Waals surface area contributed by atoms with Gasteiger partial charge < -0.3 is 9.47 Å². The van der Waals surface area contributed by atoms with Crippen LogP contribution in [0.5, 0.6) is 0 Å². The van der Waals surface area contributed by atoms with E-state index < -0.39 is 9.68 Å². The second-order valence-electron chi connectivity index (χ2n) is 11.9. The first-order chi connectivity index (χ1) is 21.9. The summed E-state index contributed by atoms with van der Waals surface area (Å²) in [6, 6.07) is 53.1. The summed E-state index contributed by atoms with van der Waals surface area (Å²) in [5, 5.41) is 1.41. The summed E-state index contributed by atoms with van der Waals surface area (Å²) in [6.45, 7) is 8.54. The van der Waals surface area contributed by atoms with Gasteiger partial charge in [0.15, 0.2) is 9.68 Å². The Bertz CT molecular complexity index is 1760. The predicted molar refractivity (Wildman–Crippen MR) is 199 cm³/mol. The van der Waals surface area contributed by atoms with Crippen LogP contribution in [0, 0.1) is 27.7 Å². The number of nitrogens with zero attached hydrogens (tertiary/aromatic N) is 2. The molecule has 0 N–H and O–H groups in total. The van der Waals surface area contributed by atoms with E-state index in [1.54, 1.807) is 0 Å². The molecule has 0 radical (unpaired) electrons. The minimum atomic E-state index is -0.756. The number of hydrogen-bond donors (Lipinski definition) is 0. The highest BCUT2D eigenvalue weighted by atomic mass is 28.2. The van der Waals surface area contributed by atoms with Crippen molar-refractivity contribution in [3.8, 4) is 0 Å². The van der Waals surface area contributed by atoms with Crippen molar-refractivity contribution in [3.63, 3.8) is 0 Å². The minimum Gasteiger partial charge on any atom is -0.370 e. The first kappa shape index (κ1) is 29.9. The largest absolute Gasteiger partial charge is 0.370 e. The molecule has 0 aromatic heterocycles. The monoisotopic (exact) mass is 600 g/mol. The Morgan fingerprint density at radius 1 is 0.356 bits per heavy atom. The SMILES string of the molecule is Cc1ccc(N([SiH2]c2ccc(C=Cc3ccc(N(c4ccc(C)cc4)c4ccc(C)cc4)cc3)cc2)c2ccc(C)cc2)cc1. The van der Waals surface area contributed by atoms with E-state index in [9.17, 15) is 0 Å². The molecule has 0 amide bonds. The van der Waals surface area contributed by atoms with Crippen LogP contribution in [0.4, 0.5) is 28.4 Å². The molecule has 0 saturated heterocycles. The first-order valence-corrected chi connectivity index (χ1v) is 17.0. The molecule has 45 heavy (non-hydrogen) atoms. The van der Waals surface area contributed by atoms with Gasteiger partial charge in [-0.3, -0.25) is 0 Å². The molecule has 6 rings (SSSR count). The average Bonchev–Trinajstić information content (AvgIpc) is 3.07. The van der Waals surface area contributed by atoms with Crippen LogP contribution in [0.1, 0.15) is 33.4 Å². The summed E-state index contributed by atoms with van der Waals surface area (Å²) in [4.78, 5) is 2.31. The van der Waals surface area contributed by atoms with Gasteiger partial charge in [0.1, 0.15) is 0 Å². The predicted octanol–water partition coefficient (Wildman–Crippen LogP) is 10.1. The van der Waals surface area contributed by atoms with E-state index in [0.29, 0.717) is 0 Å². The lowest BCUT2D eigenvalue weighted by atomic mass is 10.1. The van der Waals surface area contributed by atoms with Crippen molar-refractivity contribution in [2.75, 3.05) is 9.47 Å². The molecular formula is C42H40N2Si. The molecule has 0 aliphatic heterocycles. The lowest BCUT2D eigenvalue weighted by molar-refractivity contribution is 1.27. The molecule has 0 bridgehead atoms. The molecule has 6 aromatic rings. The normalized spacial score (nSPS) is 11.4. The van der Waals surface area contributed by atoms with Crippen molar-refractivity contribution < 1.29 is 0 Å². The highest BCUT2D eigenvalue weighted by Crippen LogP contribution is 2.35. The van der Waals surface area contributed by atoms with Gasteiger partial charge in [-0.25, -0.2) is 0 Å². The van der Waals surface area contributed by atoms with Gasteiger partial charge in [-0.15, -0.1) is 0 Å². The second-order valence-corrected chi connectivity index (χ2v) is 13.7. The third-order valence-electron chi connectivity index (χ3n) is 8.22. The molecular weight excluding hydrogens is 561 g/mol. The molecule has 0 aliphatic carbocycles. The third kappa shape index (κ3) is 7.51. The number of benzene rings is 6. The fourth-order valence-corrected chi connectivity index (χ4v) is 7.06. The zero-order chi connectivity index (χ0) is 31.2. The first-order valence-electron chi connectivity index (χ1n) is 15.6. The maximum absolute atomic E-state index is 2.52. The molecule has 0 atom stereocenters. The quantitative estimate of drug-likeness (QED) is 0.120. The van der Waals surface area contributed by atoms with Gasteiger partial charge in [-0.05, 0) is 105 Å². The van der Waals surface area contributed by atoms with Crippen LogP contribution < -0.4 is 14.7 Å².